The molecule has 98 valence electrons. The van der Waals surface area contributed by atoms with E-state index in [1.54, 1.807) is 18.2 Å². The number of hydrogen-bond donors (Lipinski definition) is 2. The van der Waals surface area contributed by atoms with Crippen molar-refractivity contribution in [1.29, 1.82) is 0 Å². The van der Waals surface area contributed by atoms with Gasteiger partial charge in [0.2, 0.25) is 0 Å². The minimum absolute atomic E-state index is 0.116. The van der Waals surface area contributed by atoms with Crippen molar-refractivity contribution in [2.24, 2.45) is 0 Å². The number of ether oxygens (including phenoxy) is 1. The molecule has 3 nitrogen and oxygen atoms in total. The predicted molar refractivity (Wildman–Crippen MR) is 71.4 cm³/mol. The van der Waals surface area contributed by atoms with Gasteiger partial charge in [-0.3, -0.25) is 0 Å². The molecule has 1 aliphatic rings. The zero-order valence-corrected chi connectivity index (χ0v) is 10.6. The lowest BCUT2D eigenvalue weighted by molar-refractivity contribution is 0.338. The van der Waals surface area contributed by atoms with Crippen molar-refractivity contribution in [3.05, 3.63) is 52.8 Å². The fourth-order valence-electron chi connectivity index (χ4n) is 2.11. The van der Waals surface area contributed by atoms with Crippen LogP contribution < -0.4 is 10.1 Å². The van der Waals surface area contributed by atoms with Crippen molar-refractivity contribution in [2.45, 2.75) is 6.04 Å². The van der Waals surface area contributed by atoms with Gasteiger partial charge in [0, 0.05) is 11.6 Å². The highest BCUT2D eigenvalue weighted by Crippen LogP contribution is 2.37. The average Bonchev–Trinajstić information content (AvgIpc) is 2.76. The Morgan fingerprint density at radius 1 is 1.26 bits per heavy atom. The molecule has 1 aliphatic heterocycles. The summed E-state index contributed by atoms with van der Waals surface area (Å²) in [6.45, 7) is 0.408. The van der Waals surface area contributed by atoms with Gasteiger partial charge in [-0.1, -0.05) is 11.6 Å². The molecule has 2 N–H and O–H groups in total. The Morgan fingerprint density at radius 2 is 2.11 bits per heavy atom. The standard InChI is InChI=1S/C14H11ClFNO2/c15-11-4-1-8(16)5-12(11)17-13-7-19-14-6-9(18)2-3-10(13)14/h1-6,13,17-18H,7H2. The molecule has 19 heavy (non-hydrogen) atoms. The van der Waals surface area contributed by atoms with Crippen LogP contribution in [0, 0.1) is 5.82 Å². The average molecular weight is 280 g/mol. The summed E-state index contributed by atoms with van der Waals surface area (Å²) in [5, 5.41) is 13.0. The lowest BCUT2D eigenvalue weighted by atomic mass is 10.1. The summed E-state index contributed by atoms with van der Waals surface area (Å²) in [4.78, 5) is 0. The Labute approximate surface area is 114 Å². The summed E-state index contributed by atoms with van der Waals surface area (Å²) < 4.78 is 18.7. The van der Waals surface area contributed by atoms with Crippen LogP contribution in [0.5, 0.6) is 11.5 Å². The third-order valence-electron chi connectivity index (χ3n) is 3.04. The van der Waals surface area contributed by atoms with Gasteiger partial charge < -0.3 is 15.2 Å². The number of anilines is 1. The number of aromatic hydroxyl groups is 1. The number of hydrogen-bond acceptors (Lipinski definition) is 3. The zero-order valence-electron chi connectivity index (χ0n) is 9.86. The van der Waals surface area contributed by atoms with Crippen molar-refractivity contribution in [2.75, 3.05) is 11.9 Å². The first-order chi connectivity index (χ1) is 9.13. The predicted octanol–water partition coefficient (Wildman–Crippen LogP) is 3.73. The molecule has 1 heterocycles. The SMILES string of the molecule is Oc1ccc2c(c1)OCC2Nc1cc(F)ccc1Cl. The van der Waals surface area contributed by atoms with Crippen LogP contribution in [0.2, 0.25) is 5.02 Å². The molecule has 0 aliphatic carbocycles. The van der Waals surface area contributed by atoms with Gasteiger partial charge in [0.1, 0.15) is 23.9 Å². The lowest BCUT2D eigenvalue weighted by Gasteiger charge is -2.14. The van der Waals surface area contributed by atoms with Crippen molar-refractivity contribution in [3.63, 3.8) is 0 Å². The first-order valence-electron chi connectivity index (χ1n) is 5.81. The molecule has 1 unspecified atom stereocenters. The minimum atomic E-state index is -0.350. The fourth-order valence-corrected chi connectivity index (χ4v) is 2.29. The summed E-state index contributed by atoms with van der Waals surface area (Å²) in [5.74, 6) is 0.435. The molecule has 2 aromatic rings. The lowest BCUT2D eigenvalue weighted by Crippen LogP contribution is -2.12. The van der Waals surface area contributed by atoms with Crippen molar-refractivity contribution in [1.82, 2.24) is 0 Å². The molecule has 1 atom stereocenters. The summed E-state index contributed by atoms with van der Waals surface area (Å²) in [6.07, 6.45) is 0. The molecule has 0 amide bonds. The van der Waals surface area contributed by atoms with Crippen LogP contribution in [0.25, 0.3) is 0 Å². The van der Waals surface area contributed by atoms with Gasteiger partial charge in [-0.05, 0) is 30.3 Å². The van der Waals surface area contributed by atoms with Gasteiger partial charge in [0.25, 0.3) is 0 Å². The van der Waals surface area contributed by atoms with Crippen molar-refractivity contribution >= 4 is 17.3 Å². The highest BCUT2D eigenvalue weighted by atomic mass is 35.5. The Morgan fingerprint density at radius 3 is 2.95 bits per heavy atom. The van der Waals surface area contributed by atoms with Crippen molar-refractivity contribution in [3.8, 4) is 11.5 Å². The van der Waals surface area contributed by atoms with Gasteiger partial charge in [0.05, 0.1) is 16.8 Å². The maximum Gasteiger partial charge on any atom is 0.128 e. The molecular formula is C14H11ClFNO2. The molecule has 3 rings (SSSR count). The molecule has 0 spiro atoms. The van der Waals surface area contributed by atoms with E-state index in [0.29, 0.717) is 23.1 Å². The second-order valence-corrected chi connectivity index (χ2v) is 4.76. The number of phenols is 1. The normalized spacial score (nSPS) is 16.8. The van der Waals surface area contributed by atoms with Crippen LogP contribution in [0.4, 0.5) is 10.1 Å². The summed E-state index contributed by atoms with van der Waals surface area (Å²) in [5.41, 5.74) is 1.44. The Kier molecular flexibility index (Phi) is 2.95. The largest absolute Gasteiger partial charge is 0.508 e. The van der Waals surface area contributed by atoms with E-state index in [2.05, 4.69) is 5.32 Å². The zero-order chi connectivity index (χ0) is 13.4. The fraction of sp³-hybridized carbons (Fsp3) is 0.143. The number of benzene rings is 2. The number of rotatable bonds is 2. The van der Waals surface area contributed by atoms with Crippen LogP contribution in [-0.2, 0) is 0 Å². The Hall–Kier alpha value is -1.94. The van der Waals surface area contributed by atoms with E-state index in [4.69, 9.17) is 16.3 Å². The van der Waals surface area contributed by atoms with E-state index in [1.807, 2.05) is 0 Å². The highest BCUT2D eigenvalue weighted by Gasteiger charge is 2.24. The Balaban J connectivity index is 1.88. The monoisotopic (exact) mass is 279 g/mol. The van der Waals surface area contributed by atoms with Gasteiger partial charge in [-0.25, -0.2) is 4.39 Å². The van der Waals surface area contributed by atoms with Crippen LogP contribution in [0.1, 0.15) is 11.6 Å². The molecule has 0 fully saturated rings. The van der Waals surface area contributed by atoms with Gasteiger partial charge >= 0.3 is 0 Å². The molecule has 0 saturated carbocycles. The number of halogens is 2. The molecule has 2 aromatic carbocycles. The summed E-state index contributed by atoms with van der Waals surface area (Å²) in [6, 6.07) is 8.98. The van der Waals surface area contributed by atoms with E-state index >= 15 is 0 Å². The third kappa shape index (κ3) is 2.31. The van der Waals surface area contributed by atoms with Gasteiger partial charge in [-0.15, -0.1) is 0 Å². The molecule has 0 aromatic heterocycles. The molecule has 0 saturated heterocycles. The topological polar surface area (TPSA) is 41.5 Å². The summed E-state index contributed by atoms with van der Waals surface area (Å²) in [7, 11) is 0. The molecule has 0 bridgehead atoms. The smallest absolute Gasteiger partial charge is 0.128 e. The molecule has 5 heteroatoms. The minimum Gasteiger partial charge on any atom is -0.508 e. The van der Waals surface area contributed by atoms with Crippen LogP contribution in [-0.4, -0.2) is 11.7 Å². The van der Waals surface area contributed by atoms with Crippen LogP contribution in [0.3, 0.4) is 0 Å². The van der Waals surface area contributed by atoms with Crippen LogP contribution in [0.15, 0.2) is 36.4 Å². The first kappa shape index (κ1) is 12.1. The molecule has 0 radical (unpaired) electrons. The Bertz CT molecular complexity index is 633. The van der Waals surface area contributed by atoms with E-state index in [9.17, 15) is 9.50 Å². The summed E-state index contributed by atoms with van der Waals surface area (Å²) >= 11 is 6.02. The first-order valence-corrected chi connectivity index (χ1v) is 6.18. The van der Waals surface area contributed by atoms with E-state index in [-0.39, 0.29) is 17.6 Å². The van der Waals surface area contributed by atoms with E-state index in [0.717, 1.165) is 5.56 Å². The number of fused-ring (bicyclic) bond motifs is 1. The van der Waals surface area contributed by atoms with Crippen LogP contribution >= 0.6 is 11.6 Å². The maximum absolute atomic E-state index is 13.2. The second-order valence-electron chi connectivity index (χ2n) is 4.35. The van der Waals surface area contributed by atoms with Gasteiger partial charge in [0.15, 0.2) is 0 Å². The number of phenolic OH excluding ortho intramolecular Hbond substituents is 1. The maximum atomic E-state index is 13.2. The molecular weight excluding hydrogens is 269 g/mol. The van der Waals surface area contributed by atoms with Gasteiger partial charge in [-0.2, -0.15) is 0 Å². The number of nitrogens with one attached hydrogen (secondary N) is 1. The third-order valence-corrected chi connectivity index (χ3v) is 3.37. The quantitative estimate of drug-likeness (QED) is 0.880. The second kappa shape index (κ2) is 4.63. The van der Waals surface area contributed by atoms with Crippen molar-refractivity contribution < 1.29 is 14.2 Å². The van der Waals surface area contributed by atoms with E-state index in [1.165, 1.54) is 18.2 Å². The van der Waals surface area contributed by atoms with E-state index < -0.39 is 0 Å². The highest BCUT2D eigenvalue weighted by molar-refractivity contribution is 6.33.